The number of nitrogens with zero attached hydrogens (tertiary/aromatic N) is 1. The van der Waals surface area contributed by atoms with Crippen LogP contribution in [0.4, 0.5) is 5.00 Å². The van der Waals surface area contributed by atoms with Gasteiger partial charge in [0.2, 0.25) is 5.91 Å². The Morgan fingerprint density at radius 2 is 2.00 bits per heavy atom. The van der Waals surface area contributed by atoms with Gasteiger partial charge >= 0.3 is 0 Å². The number of amides is 4. The summed E-state index contributed by atoms with van der Waals surface area (Å²) in [6, 6.07) is 0. The summed E-state index contributed by atoms with van der Waals surface area (Å²) in [5.74, 6) is -1.98. The molecule has 0 spiro atoms. The van der Waals surface area contributed by atoms with Gasteiger partial charge in [-0.15, -0.1) is 11.3 Å². The maximum atomic E-state index is 12.6. The number of hydrogen-bond acceptors (Lipinski definition) is 6. The van der Waals surface area contributed by atoms with Crippen molar-refractivity contribution in [2.45, 2.75) is 25.3 Å². The molecule has 4 amide bonds. The molecule has 2 N–H and O–H groups in total. The van der Waals surface area contributed by atoms with Crippen molar-refractivity contribution in [2.75, 3.05) is 12.4 Å². The van der Waals surface area contributed by atoms with Crippen molar-refractivity contribution in [3.8, 4) is 0 Å². The van der Waals surface area contributed by atoms with Crippen LogP contribution in [-0.4, -0.2) is 41.1 Å². The quantitative estimate of drug-likeness (QED) is 0.779. The van der Waals surface area contributed by atoms with Gasteiger partial charge in [-0.25, -0.2) is 0 Å². The second-order valence-corrected chi connectivity index (χ2v) is 6.08. The Labute approximate surface area is 124 Å². The Balaban J connectivity index is 2.03. The Hall–Kier alpha value is -2.22. The first-order chi connectivity index (χ1) is 9.90. The smallest absolute Gasteiger partial charge is 0.265 e. The molecular weight excluding hydrogens is 294 g/mol. The zero-order valence-corrected chi connectivity index (χ0v) is 12.3. The zero-order chi connectivity index (χ0) is 15.4. The largest absolute Gasteiger partial charge is 0.379 e. The van der Waals surface area contributed by atoms with E-state index in [1.807, 2.05) is 0 Å². The molecule has 0 aliphatic carbocycles. The molecule has 7 nitrogen and oxygen atoms in total. The number of anilines is 1. The minimum atomic E-state index is -1.33. The summed E-state index contributed by atoms with van der Waals surface area (Å²) in [5, 5.41) is 7.28. The van der Waals surface area contributed by atoms with Crippen LogP contribution in [0.25, 0.3) is 0 Å². The van der Waals surface area contributed by atoms with Crippen molar-refractivity contribution in [3.05, 3.63) is 16.5 Å². The fourth-order valence-electron chi connectivity index (χ4n) is 2.69. The number of imide groups is 2. The Morgan fingerprint density at radius 3 is 2.62 bits per heavy atom. The Morgan fingerprint density at radius 1 is 1.29 bits per heavy atom. The fourth-order valence-corrected chi connectivity index (χ4v) is 3.58. The minimum absolute atomic E-state index is 0.102. The molecule has 3 heterocycles. The van der Waals surface area contributed by atoms with Gasteiger partial charge in [-0.3, -0.25) is 29.4 Å². The third-order valence-electron chi connectivity index (χ3n) is 3.94. The first-order valence-corrected chi connectivity index (χ1v) is 7.30. The van der Waals surface area contributed by atoms with Gasteiger partial charge in [0, 0.05) is 18.8 Å². The number of hydrogen-bond donors (Lipinski definition) is 2. The lowest BCUT2D eigenvalue weighted by Gasteiger charge is -2.38. The lowest BCUT2D eigenvalue weighted by Crippen LogP contribution is -2.62. The number of carbonyl (C=O) groups excluding carboxylic acids is 4. The van der Waals surface area contributed by atoms with Crippen LogP contribution < -0.4 is 10.6 Å². The van der Waals surface area contributed by atoms with Gasteiger partial charge in [0.15, 0.2) is 0 Å². The molecule has 1 aromatic heterocycles. The van der Waals surface area contributed by atoms with Crippen molar-refractivity contribution in [3.63, 3.8) is 0 Å². The molecule has 0 aromatic carbocycles. The van der Waals surface area contributed by atoms with Crippen molar-refractivity contribution in [2.24, 2.45) is 0 Å². The van der Waals surface area contributed by atoms with Crippen LogP contribution in [0.1, 0.15) is 40.5 Å². The number of nitrogens with one attached hydrogen (secondary N) is 2. The molecule has 0 bridgehead atoms. The molecule has 0 radical (unpaired) electrons. The number of thiophene rings is 1. The van der Waals surface area contributed by atoms with Gasteiger partial charge in [0.1, 0.15) is 10.5 Å². The first-order valence-electron chi connectivity index (χ1n) is 6.42. The van der Waals surface area contributed by atoms with Crippen LogP contribution in [-0.2, 0) is 9.59 Å². The van der Waals surface area contributed by atoms with E-state index in [-0.39, 0.29) is 18.7 Å². The second kappa shape index (κ2) is 4.39. The lowest BCUT2D eigenvalue weighted by atomic mass is 9.89. The van der Waals surface area contributed by atoms with Gasteiger partial charge < -0.3 is 5.32 Å². The average molecular weight is 307 g/mol. The predicted octanol–water partition coefficient (Wildman–Crippen LogP) is 0.581. The van der Waals surface area contributed by atoms with Crippen LogP contribution in [0.15, 0.2) is 5.38 Å². The Kier molecular flexibility index (Phi) is 2.87. The molecule has 8 heteroatoms. The third kappa shape index (κ3) is 1.72. The van der Waals surface area contributed by atoms with E-state index < -0.39 is 23.3 Å². The van der Waals surface area contributed by atoms with E-state index in [1.165, 1.54) is 18.3 Å². The van der Waals surface area contributed by atoms with Crippen LogP contribution in [0.2, 0.25) is 0 Å². The normalized spacial score (nSPS) is 25.1. The topological polar surface area (TPSA) is 95.6 Å². The summed E-state index contributed by atoms with van der Waals surface area (Å²) in [5.41, 5.74) is -0.720. The van der Waals surface area contributed by atoms with Gasteiger partial charge in [0.05, 0.1) is 11.1 Å². The minimum Gasteiger partial charge on any atom is -0.379 e. The molecule has 3 rings (SSSR count). The van der Waals surface area contributed by atoms with E-state index in [0.717, 1.165) is 4.90 Å². The van der Waals surface area contributed by atoms with Crippen LogP contribution in [0, 0.1) is 0 Å². The van der Waals surface area contributed by atoms with Crippen LogP contribution >= 0.6 is 11.3 Å². The molecule has 0 unspecified atom stereocenters. The maximum absolute atomic E-state index is 12.6. The number of rotatable bonds is 2. The van der Waals surface area contributed by atoms with E-state index >= 15 is 0 Å². The molecule has 110 valence electrons. The SMILES string of the molecule is CNc1scc2c1C(=O)N([C@]1(C)CCC(=O)NC1=O)C2=O. The lowest BCUT2D eigenvalue weighted by molar-refractivity contribution is -0.140. The predicted molar refractivity (Wildman–Crippen MR) is 75.2 cm³/mol. The third-order valence-corrected chi connectivity index (χ3v) is 4.94. The van der Waals surface area contributed by atoms with Gasteiger partial charge in [0.25, 0.3) is 17.7 Å². The molecular formula is C13H13N3O4S. The highest BCUT2D eigenvalue weighted by atomic mass is 32.1. The summed E-state index contributed by atoms with van der Waals surface area (Å²) in [7, 11) is 1.67. The van der Waals surface area contributed by atoms with E-state index in [2.05, 4.69) is 10.6 Å². The van der Waals surface area contributed by atoms with Crippen molar-refractivity contribution >= 4 is 40.0 Å². The summed E-state index contributed by atoms with van der Waals surface area (Å²) < 4.78 is 0. The van der Waals surface area contributed by atoms with Crippen molar-refractivity contribution < 1.29 is 19.2 Å². The van der Waals surface area contributed by atoms with Crippen LogP contribution in [0.3, 0.4) is 0 Å². The molecule has 1 saturated heterocycles. The molecule has 2 aliphatic rings. The van der Waals surface area contributed by atoms with Crippen molar-refractivity contribution in [1.29, 1.82) is 0 Å². The van der Waals surface area contributed by atoms with Crippen LogP contribution in [0.5, 0.6) is 0 Å². The summed E-state index contributed by atoms with van der Waals surface area (Å²) in [4.78, 5) is 49.5. The summed E-state index contributed by atoms with van der Waals surface area (Å²) in [6.07, 6.45) is 0.239. The highest BCUT2D eigenvalue weighted by molar-refractivity contribution is 7.15. The van der Waals surface area contributed by atoms with E-state index in [1.54, 1.807) is 12.4 Å². The molecule has 21 heavy (non-hydrogen) atoms. The number of fused-ring (bicyclic) bond motifs is 1. The van der Waals surface area contributed by atoms with E-state index in [0.29, 0.717) is 16.1 Å². The summed E-state index contributed by atoms with van der Waals surface area (Å²) >= 11 is 1.27. The maximum Gasteiger partial charge on any atom is 0.265 e. The van der Waals surface area contributed by atoms with Gasteiger partial charge in [-0.05, 0) is 13.3 Å². The Bertz CT molecular complexity index is 696. The number of carbonyl (C=O) groups is 4. The van der Waals surface area contributed by atoms with E-state index in [9.17, 15) is 19.2 Å². The summed E-state index contributed by atoms with van der Waals surface area (Å²) in [6.45, 7) is 1.51. The van der Waals surface area contributed by atoms with E-state index in [4.69, 9.17) is 0 Å². The zero-order valence-electron chi connectivity index (χ0n) is 11.5. The fraction of sp³-hybridized carbons (Fsp3) is 0.385. The first kappa shape index (κ1) is 13.7. The molecule has 1 atom stereocenters. The standard InChI is InChI=1S/C13H13N3O4S/c1-13(4-3-7(17)15-12(13)20)16-10(18)6-5-21-9(14-2)8(6)11(16)19/h5,14H,3-4H2,1-2H3,(H,15,17,20)/t13-/m1/s1. The van der Waals surface area contributed by atoms with Crippen molar-refractivity contribution in [1.82, 2.24) is 10.2 Å². The molecule has 2 aliphatic heterocycles. The molecule has 1 fully saturated rings. The van der Waals surface area contributed by atoms with Gasteiger partial charge in [-0.1, -0.05) is 0 Å². The monoisotopic (exact) mass is 307 g/mol. The molecule has 1 aromatic rings. The van der Waals surface area contributed by atoms with Gasteiger partial charge in [-0.2, -0.15) is 0 Å². The molecule has 0 saturated carbocycles. The average Bonchev–Trinajstić information content (AvgIpc) is 2.96. The highest BCUT2D eigenvalue weighted by Crippen LogP contribution is 2.39. The number of piperidine rings is 1. The second-order valence-electron chi connectivity index (χ2n) is 5.20. The highest BCUT2D eigenvalue weighted by Gasteiger charge is 2.53.